The molecular weight excluding hydrogens is 220 g/mol. The monoisotopic (exact) mass is 240 g/mol. The average Bonchev–Trinajstić information content (AvgIpc) is 2.28. The number of unbranched alkanes of at least 4 members (excludes halogenated alkanes) is 1. The van der Waals surface area contributed by atoms with Gasteiger partial charge in [0.2, 0.25) is 5.95 Å². The lowest BCUT2D eigenvalue weighted by atomic mass is 10.4. The topological polar surface area (TPSA) is 69.2 Å². The summed E-state index contributed by atoms with van der Waals surface area (Å²) in [6, 6.07) is 0.583. The fourth-order valence-electron chi connectivity index (χ4n) is 1.09. The first-order valence-electron chi connectivity index (χ1n) is 5.89. The van der Waals surface area contributed by atoms with Crippen LogP contribution in [0, 0.1) is 0 Å². The summed E-state index contributed by atoms with van der Waals surface area (Å²) in [6.07, 6.45) is 2.06. The van der Waals surface area contributed by atoms with E-state index in [4.69, 9.17) is 9.47 Å². The number of hydrogen-bond acceptors (Lipinski definition) is 6. The van der Waals surface area contributed by atoms with Gasteiger partial charge in [0.05, 0.1) is 12.7 Å². The first-order valence-corrected chi connectivity index (χ1v) is 5.89. The Morgan fingerprint density at radius 3 is 2.47 bits per heavy atom. The van der Waals surface area contributed by atoms with Gasteiger partial charge in [-0.3, -0.25) is 0 Å². The minimum Gasteiger partial charge on any atom is -0.463 e. The van der Waals surface area contributed by atoms with Gasteiger partial charge in [0, 0.05) is 7.05 Å². The SMILES string of the molecule is CCCCOc1nc(NC)nc(OC(C)C)n1. The van der Waals surface area contributed by atoms with Crippen LogP contribution in [0.3, 0.4) is 0 Å². The summed E-state index contributed by atoms with van der Waals surface area (Å²) in [5, 5.41) is 2.85. The van der Waals surface area contributed by atoms with Crippen LogP contribution >= 0.6 is 0 Å². The lowest BCUT2D eigenvalue weighted by Gasteiger charge is -2.10. The van der Waals surface area contributed by atoms with E-state index in [1.807, 2.05) is 13.8 Å². The van der Waals surface area contributed by atoms with E-state index in [1.165, 1.54) is 0 Å². The van der Waals surface area contributed by atoms with Gasteiger partial charge >= 0.3 is 12.0 Å². The maximum Gasteiger partial charge on any atom is 0.324 e. The molecule has 0 saturated heterocycles. The molecule has 0 saturated carbocycles. The molecule has 0 aromatic carbocycles. The van der Waals surface area contributed by atoms with Crippen LogP contribution in [0.1, 0.15) is 33.6 Å². The molecule has 1 heterocycles. The van der Waals surface area contributed by atoms with Crippen LogP contribution in [0.4, 0.5) is 5.95 Å². The van der Waals surface area contributed by atoms with Gasteiger partial charge in [-0.15, -0.1) is 4.98 Å². The Bertz CT molecular complexity index is 344. The number of hydrogen-bond donors (Lipinski definition) is 1. The van der Waals surface area contributed by atoms with Crippen molar-refractivity contribution >= 4 is 5.95 Å². The summed E-state index contributed by atoms with van der Waals surface area (Å²) < 4.78 is 10.9. The Balaban J connectivity index is 2.74. The molecule has 0 radical (unpaired) electrons. The molecule has 0 aliphatic rings. The van der Waals surface area contributed by atoms with Crippen LogP contribution in [0.15, 0.2) is 0 Å². The molecule has 0 aliphatic heterocycles. The number of nitrogens with one attached hydrogen (secondary N) is 1. The van der Waals surface area contributed by atoms with Crippen molar-refractivity contribution in [2.75, 3.05) is 19.0 Å². The first-order chi connectivity index (χ1) is 8.15. The van der Waals surface area contributed by atoms with Gasteiger partial charge in [-0.25, -0.2) is 0 Å². The van der Waals surface area contributed by atoms with Gasteiger partial charge in [-0.2, -0.15) is 9.97 Å². The zero-order valence-electron chi connectivity index (χ0n) is 10.9. The van der Waals surface area contributed by atoms with Gasteiger partial charge in [-0.05, 0) is 20.3 Å². The quantitative estimate of drug-likeness (QED) is 0.734. The third-order valence-corrected chi connectivity index (χ3v) is 1.89. The Kier molecular flexibility index (Phi) is 5.45. The van der Waals surface area contributed by atoms with Crippen molar-refractivity contribution in [2.45, 2.75) is 39.7 Å². The summed E-state index contributed by atoms with van der Waals surface area (Å²) in [5.74, 6) is 0.446. The third-order valence-electron chi connectivity index (χ3n) is 1.89. The van der Waals surface area contributed by atoms with Crippen LogP contribution < -0.4 is 14.8 Å². The van der Waals surface area contributed by atoms with E-state index in [9.17, 15) is 0 Å². The molecule has 1 aromatic rings. The van der Waals surface area contributed by atoms with Gasteiger partial charge < -0.3 is 14.8 Å². The lowest BCUT2D eigenvalue weighted by molar-refractivity contribution is 0.213. The van der Waals surface area contributed by atoms with Crippen molar-refractivity contribution in [2.24, 2.45) is 0 Å². The van der Waals surface area contributed by atoms with E-state index in [2.05, 4.69) is 27.2 Å². The standard InChI is InChI=1S/C11H20N4O2/c1-5-6-7-16-10-13-9(12-4)14-11(15-10)17-8(2)3/h8H,5-7H2,1-4H3,(H,12,13,14,15). The molecule has 0 spiro atoms. The summed E-state index contributed by atoms with van der Waals surface area (Å²) >= 11 is 0. The van der Waals surface area contributed by atoms with Crippen LogP contribution in [0.2, 0.25) is 0 Å². The summed E-state index contributed by atoms with van der Waals surface area (Å²) in [7, 11) is 1.74. The number of anilines is 1. The highest BCUT2D eigenvalue weighted by Crippen LogP contribution is 2.13. The average molecular weight is 240 g/mol. The van der Waals surface area contributed by atoms with Gasteiger partial charge in [-0.1, -0.05) is 13.3 Å². The van der Waals surface area contributed by atoms with Crippen LogP contribution in [0.5, 0.6) is 12.0 Å². The maximum atomic E-state index is 5.43. The fraction of sp³-hybridized carbons (Fsp3) is 0.727. The summed E-state index contributed by atoms with van der Waals surface area (Å²) in [5.41, 5.74) is 0. The number of rotatable bonds is 7. The molecule has 0 fully saturated rings. The summed E-state index contributed by atoms with van der Waals surface area (Å²) in [6.45, 7) is 6.54. The molecule has 1 aromatic heterocycles. The van der Waals surface area contributed by atoms with Crippen molar-refractivity contribution in [3.63, 3.8) is 0 Å². The molecule has 0 amide bonds. The molecule has 96 valence electrons. The molecule has 17 heavy (non-hydrogen) atoms. The molecule has 0 atom stereocenters. The second-order valence-corrected chi connectivity index (χ2v) is 3.84. The van der Waals surface area contributed by atoms with Crippen molar-refractivity contribution in [3.8, 4) is 12.0 Å². The van der Waals surface area contributed by atoms with Gasteiger partial charge in [0.1, 0.15) is 0 Å². The lowest BCUT2D eigenvalue weighted by Crippen LogP contribution is -2.12. The Hall–Kier alpha value is -1.59. The highest BCUT2D eigenvalue weighted by Gasteiger charge is 2.08. The minimum atomic E-state index is 0.0191. The second kappa shape index (κ2) is 6.88. The third kappa shape index (κ3) is 4.84. The molecule has 1 N–H and O–H groups in total. The minimum absolute atomic E-state index is 0.0191. The Morgan fingerprint density at radius 2 is 1.88 bits per heavy atom. The fourth-order valence-corrected chi connectivity index (χ4v) is 1.09. The van der Waals surface area contributed by atoms with Gasteiger partial charge in [0.25, 0.3) is 0 Å². The van der Waals surface area contributed by atoms with E-state index in [1.54, 1.807) is 7.05 Å². The molecular formula is C11H20N4O2. The van der Waals surface area contributed by atoms with Crippen LogP contribution in [0.25, 0.3) is 0 Å². The number of aromatic nitrogens is 3. The van der Waals surface area contributed by atoms with Crippen molar-refractivity contribution in [1.29, 1.82) is 0 Å². The zero-order chi connectivity index (χ0) is 12.7. The molecule has 6 heteroatoms. The van der Waals surface area contributed by atoms with Crippen molar-refractivity contribution in [1.82, 2.24) is 15.0 Å². The number of nitrogens with zero attached hydrogens (tertiary/aromatic N) is 3. The van der Waals surface area contributed by atoms with E-state index in [0.29, 0.717) is 18.6 Å². The predicted octanol–water partition coefficient (Wildman–Crippen LogP) is 1.88. The highest BCUT2D eigenvalue weighted by atomic mass is 16.5. The van der Waals surface area contributed by atoms with Crippen molar-refractivity contribution < 1.29 is 9.47 Å². The van der Waals surface area contributed by atoms with Crippen molar-refractivity contribution in [3.05, 3.63) is 0 Å². The molecule has 0 unspecified atom stereocenters. The Morgan fingerprint density at radius 1 is 1.18 bits per heavy atom. The van der Waals surface area contributed by atoms with E-state index in [0.717, 1.165) is 12.8 Å². The molecule has 1 rings (SSSR count). The van der Waals surface area contributed by atoms with Crippen LogP contribution in [-0.4, -0.2) is 34.7 Å². The van der Waals surface area contributed by atoms with Gasteiger partial charge in [0.15, 0.2) is 0 Å². The Labute approximate surface area is 102 Å². The predicted molar refractivity (Wildman–Crippen MR) is 65.5 cm³/mol. The van der Waals surface area contributed by atoms with E-state index < -0.39 is 0 Å². The normalized spacial score (nSPS) is 10.4. The van der Waals surface area contributed by atoms with E-state index in [-0.39, 0.29) is 12.1 Å². The molecule has 0 bridgehead atoms. The smallest absolute Gasteiger partial charge is 0.324 e. The first kappa shape index (κ1) is 13.5. The molecule has 0 aliphatic carbocycles. The second-order valence-electron chi connectivity index (χ2n) is 3.84. The summed E-state index contributed by atoms with van der Waals surface area (Å²) in [4.78, 5) is 12.3. The van der Waals surface area contributed by atoms with E-state index >= 15 is 0 Å². The molecule has 6 nitrogen and oxygen atoms in total. The largest absolute Gasteiger partial charge is 0.463 e. The van der Waals surface area contributed by atoms with Crippen LogP contribution in [-0.2, 0) is 0 Å². The zero-order valence-corrected chi connectivity index (χ0v) is 10.9. The number of ether oxygens (including phenoxy) is 2. The highest BCUT2D eigenvalue weighted by molar-refractivity contribution is 5.26. The maximum absolute atomic E-state index is 5.43.